The van der Waals surface area contributed by atoms with Crippen LogP contribution in [0.1, 0.15) is 48.8 Å². The Morgan fingerprint density at radius 2 is 1.92 bits per heavy atom. The van der Waals surface area contributed by atoms with E-state index in [4.69, 9.17) is 5.26 Å². The van der Waals surface area contributed by atoms with Crippen LogP contribution in [0.15, 0.2) is 59.9 Å². The highest BCUT2D eigenvalue weighted by atomic mass is 19.4. The van der Waals surface area contributed by atoms with Gasteiger partial charge in [-0.15, -0.1) is 10.2 Å². The van der Waals surface area contributed by atoms with Gasteiger partial charge in [-0.05, 0) is 84.3 Å². The first-order valence-electron chi connectivity index (χ1n) is 16.2. The Balaban J connectivity index is 1.36. The number of hydrogen-bond acceptors (Lipinski definition) is 9. The molecule has 7 rings (SSSR count). The van der Waals surface area contributed by atoms with E-state index < -0.39 is 23.5 Å². The second kappa shape index (κ2) is 12.7. The number of halogens is 3. The number of likely N-dealkylation sites (tertiary alicyclic amines) is 1. The molecule has 1 atom stereocenters. The largest absolute Gasteiger partial charge is 0.418 e. The molecule has 12 nitrogen and oxygen atoms in total. The first-order valence-corrected chi connectivity index (χ1v) is 16.2. The molecule has 1 aliphatic carbocycles. The van der Waals surface area contributed by atoms with Crippen LogP contribution < -0.4 is 11.0 Å². The highest BCUT2D eigenvalue weighted by molar-refractivity contribution is 5.83. The number of aliphatic hydroxyl groups is 1. The van der Waals surface area contributed by atoms with Gasteiger partial charge in [0.1, 0.15) is 18.0 Å². The number of fused-ring (bicyclic) bond motifs is 1. The molecule has 1 saturated carbocycles. The first kappa shape index (κ1) is 33.0. The molecule has 50 heavy (non-hydrogen) atoms. The van der Waals surface area contributed by atoms with Crippen LogP contribution in [0.2, 0.25) is 0 Å². The minimum atomic E-state index is -4.73. The second-order valence-electron chi connectivity index (χ2n) is 13.2. The van der Waals surface area contributed by atoms with Gasteiger partial charge < -0.3 is 15.0 Å². The van der Waals surface area contributed by atoms with Crippen molar-refractivity contribution in [3.05, 3.63) is 82.3 Å². The molecule has 0 bridgehead atoms. The monoisotopic (exact) mass is 682 g/mol. The number of nitrogens with zero attached hydrogens (tertiary/aromatic N) is 9. The molecule has 1 spiro atoms. The van der Waals surface area contributed by atoms with Gasteiger partial charge in [0.05, 0.1) is 41.3 Å². The van der Waals surface area contributed by atoms with Crippen molar-refractivity contribution in [2.75, 3.05) is 25.0 Å². The summed E-state index contributed by atoms with van der Waals surface area (Å²) in [5.41, 5.74) is 0.573. The fourth-order valence-electron chi connectivity index (χ4n) is 7.09. The number of anilines is 1. The Morgan fingerprint density at radius 3 is 2.58 bits per heavy atom. The van der Waals surface area contributed by atoms with Crippen LogP contribution in [0.3, 0.4) is 0 Å². The summed E-state index contributed by atoms with van der Waals surface area (Å²) in [6.07, 6.45) is 2.69. The molecule has 0 unspecified atom stereocenters. The predicted octanol–water partition coefficient (Wildman–Crippen LogP) is 4.90. The van der Waals surface area contributed by atoms with Crippen molar-refractivity contribution in [1.29, 1.82) is 10.5 Å². The molecule has 2 aliphatic rings. The number of alkyl halides is 3. The Morgan fingerprint density at radius 1 is 1.10 bits per heavy atom. The first-order chi connectivity index (χ1) is 24.0. The van der Waals surface area contributed by atoms with E-state index in [0.29, 0.717) is 40.2 Å². The maximum absolute atomic E-state index is 14.6. The number of aromatic nitrogens is 6. The van der Waals surface area contributed by atoms with Crippen LogP contribution >= 0.6 is 0 Å². The highest BCUT2D eigenvalue weighted by Crippen LogP contribution is 2.48. The molecule has 0 radical (unpaired) electrons. The van der Waals surface area contributed by atoms with Gasteiger partial charge in [0.15, 0.2) is 5.82 Å². The Hall–Kier alpha value is -5.51. The number of imidazole rings is 1. The third-order valence-electron chi connectivity index (χ3n) is 9.78. The maximum atomic E-state index is 14.6. The van der Waals surface area contributed by atoms with Crippen molar-refractivity contribution in [2.45, 2.75) is 50.9 Å². The fourth-order valence-corrected chi connectivity index (χ4v) is 7.09. The van der Waals surface area contributed by atoms with Gasteiger partial charge in [0.2, 0.25) is 0 Å². The molecule has 2 N–H and O–H groups in total. The van der Waals surface area contributed by atoms with Gasteiger partial charge in [0.25, 0.3) is 0 Å². The molecule has 15 heteroatoms. The quantitative estimate of drug-likeness (QED) is 0.221. The highest BCUT2D eigenvalue weighted by Gasteiger charge is 2.43. The van der Waals surface area contributed by atoms with Crippen LogP contribution in [0.25, 0.3) is 33.8 Å². The fraction of sp³-hybridized carbons (Fsp3) is 0.371. The maximum Gasteiger partial charge on any atom is 0.418 e. The van der Waals surface area contributed by atoms with E-state index in [9.17, 15) is 28.3 Å². The Labute approximate surface area is 284 Å². The SMILES string of the molecule is Cn1cnnc1-c1ccc(C#N)cc1-c1cc(NC[C@@H](O)CC#N)nc(-n2cc3c(C(F)(F)F)cc(CN4CCC5(CCC5)C4)cn3c2=O)c1. The molecule has 1 saturated heterocycles. The number of pyridine rings is 2. The van der Waals surface area contributed by atoms with Crippen LogP contribution in [-0.2, 0) is 19.8 Å². The number of benzene rings is 1. The lowest BCUT2D eigenvalue weighted by molar-refractivity contribution is -0.136. The summed E-state index contributed by atoms with van der Waals surface area (Å²) in [5, 5.41) is 40.1. The van der Waals surface area contributed by atoms with E-state index in [1.54, 1.807) is 41.9 Å². The number of nitrogens with one attached hydrogen (secondary N) is 1. The van der Waals surface area contributed by atoms with E-state index in [1.807, 2.05) is 6.07 Å². The molecular formula is C35H33F3N10O2. The summed E-state index contributed by atoms with van der Waals surface area (Å²) in [7, 11) is 1.76. The molecule has 256 valence electrons. The van der Waals surface area contributed by atoms with Crippen molar-refractivity contribution in [2.24, 2.45) is 12.5 Å². The molecule has 2 fully saturated rings. The van der Waals surface area contributed by atoms with Gasteiger partial charge in [-0.3, -0.25) is 13.9 Å². The van der Waals surface area contributed by atoms with Gasteiger partial charge in [0, 0.05) is 44.6 Å². The van der Waals surface area contributed by atoms with E-state index in [0.717, 1.165) is 53.6 Å². The van der Waals surface area contributed by atoms with Crippen LogP contribution in [0, 0.1) is 28.1 Å². The third kappa shape index (κ3) is 6.21. The molecule has 4 aromatic heterocycles. The zero-order valence-electron chi connectivity index (χ0n) is 27.2. The lowest BCUT2D eigenvalue weighted by atomic mass is 9.68. The molecular weight excluding hydrogens is 649 g/mol. The van der Waals surface area contributed by atoms with E-state index in [1.165, 1.54) is 18.9 Å². The summed E-state index contributed by atoms with van der Waals surface area (Å²) in [4.78, 5) is 20.7. The third-order valence-corrected chi connectivity index (χ3v) is 9.78. The van der Waals surface area contributed by atoms with E-state index in [2.05, 4.69) is 31.5 Å². The Bertz CT molecular complexity index is 2240. The predicted molar refractivity (Wildman–Crippen MR) is 177 cm³/mol. The standard InChI is InChI=1S/C35H33F3N10O2/c1-45-21-42-44-32(45)26-4-3-22(15-40)11-27(26)24-13-30(41-16-25(49)5-9-39)43-31(14-24)48-19-29-28(35(36,37)38)12-23(18-47(29)33(48)50)17-46-10-8-34(20-46)6-2-7-34/h3-4,11-14,18-19,21,25,49H,2,5-8,10,16-17,20H2,1H3,(H,41,43)/t25-/m0/s1. The average molecular weight is 683 g/mol. The molecule has 1 aromatic carbocycles. The van der Waals surface area contributed by atoms with Crippen molar-refractivity contribution >= 4 is 11.3 Å². The average Bonchev–Trinajstić information content (AvgIpc) is 3.80. The van der Waals surface area contributed by atoms with Crippen molar-refractivity contribution in [1.82, 2.24) is 33.6 Å². The van der Waals surface area contributed by atoms with Crippen LogP contribution in [0.4, 0.5) is 19.0 Å². The summed E-state index contributed by atoms with van der Waals surface area (Å²) >= 11 is 0. The summed E-state index contributed by atoms with van der Waals surface area (Å²) in [6, 6.07) is 13.3. The van der Waals surface area contributed by atoms with Crippen molar-refractivity contribution < 1.29 is 18.3 Å². The summed E-state index contributed by atoms with van der Waals surface area (Å²) < 4.78 is 47.5. The minimum Gasteiger partial charge on any atom is -0.390 e. The normalized spacial score (nSPS) is 16.3. The topological polar surface area (TPSA) is 153 Å². The second-order valence-corrected chi connectivity index (χ2v) is 13.2. The number of hydrogen-bond donors (Lipinski definition) is 2. The molecule has 5 aromatic rings. The van der Waals surface area contributed by atoms with Gasteiger partial charge in [-0.2, -0.15) is 23.7 Å². The van der Waals surface area contributed by atoms with Crippen molar-refractivity contribution in [3.8, 4) is 40.5 Å². The molecule has 0 amide bonds. The van der Waals surface area contributed by atoms with Crippen LogP contribution in [-0.4, -0.2) is 64.5 Å². The van der Waals surface area contributed by atoms with Crippen molar-refractivity contribution in [3.63, 3.8) is 0 Å². The van der Waals surface area contributed by atoms with Crippen LogP contribution in [0.5, 0.6) is 0 Å². The number of aryl methyl sites for hydroxylation is 1. The smallest absolute Gasteiger partial charge is 0.390 e. The van der Waals surface area contributed by atoms with E-state index in [-0.39, 0.29) is 35.5 Å². The minimum absolute atomic E-state index is 0.000826. The lowest BCUT2D eigenvalue weighted by Crippen LogP contribution is -2.33. The molecule has 1 aliphatic heterocycles. The number of nitriles is 2. The number of rotatable bonds is 9. The number of aliphatic hydroxyl groups excluding tert-OH is 1. The van der Waals surface area contributed by atoms with Gasteiger partial charge in [-0.1, -0.05) is 6.42 Å². The molecule has 5 heterocycles. The Kier molecular flexibility index (Phi) is 8.41. The lowest BCUT2D eigenvalue weighted by Gasteiger charge is -2.38. The zero-order valence-corrected chi connectivity index (χ0v) is 27.2. The van der Waals surface area contributed by atoms with E-state index >= 15 is 0 Å². The zero-order chi connectivity index (χ0) is 35.2. The summed E-state index contributed by atoms with van der Waals surface area (Å²) in [6.45, 7) is 1.87. The summed E-state index contributed by atoms with van der Waals surface area (Å²) in [5.74, 6) is 0.664. The van der Waals surface area contributed by atoms with Gasteiger partial charge >= 0.3 is 11.9 Å². The van der Waals surface area contributed by atoms with Gasteiger partial charge in [-0.25, -0.2) is 9.78 Å².